The molecular weight excluding hydrogens is 382 g/mol. The first-order chi connectivity index (χ1) is 15.0. The molecule has 1 aromatic heterocycles. The SMILES string of the molecule is CC1(N)CC1C(=O)c1cncn1C(c1ccccc1)(c1ccccc1)c1ccccc1. The van der Waals surface area contributed by atoms with E-state index in [-0.39, 0.29) is 11.7 Å². The lowest BCUT2D eigenvalue weighted by atomic mass is 9.76. The Morgan fingerprint density at radius 2 is 1.32 bits per heavy atom. The fourth-order valence-electron chi connectivity index (χ4n) is 4.65. The topological polar surface area (TPSA) is 60.9 Å². The van der Waals surface area contributed by atoms with Crippen LogP contribution in [0.4, 0.5) is 0 Å². The van der Waals surface area contributed by atoms with E-state index in [0.717, 1.165) is 16.7 Å². The van der Waals surface area contributed by atoms with Gasteiger partial charge in [-0.05, 0) is 30.0 Å². The summed E-state index contributed by atoms with van der Waals surface area (Å²) in [6.07, 6.45) is 4.16. The zero-order valence-electron chi connectivity index (χ0n) is 17.5. The lowest BCUT2D eigenvalue weighted by Gasteiger charge is -2.38. The van der Waals surface area contributed by atoms with Gasteiger partial charge in [0.2, 0.25) is 0 Å². The zero-order chi connectivity index (χ0) is 21.5. The Kier molecular flexibility index (Phi) is 4.60. The summed E-state index contributed by atoms with van der Waals surface area (Å²) in [7, 11) is 0. The molecule has 1 aliphatic rings. The van der Waals surface area contributed by atoms with E-state index in [0.29, 0.717) is 12.1 Å². The molecule has 2 atom stereocenters. The number of nitrogens with two attached hydrogens (primary N) is 1. The molecule has 3 aromatic carbocycles. The second kappa shape index (κ2) is 7.33. The zero-order valence-corrected chi connectivity index (χ0v) is 17.5. The van der Waals surface area contributed by atoms with Gasteiger partial charge in [-0.1, -0.05) is 91.0 Å². The Morgan fingerprint density at radius 1 is 0.903 bits per heavy atom. The molecule has 0 saturated heterocycles. The molecule has 4 aromatic rings. The standard InChI is InChI=1S/C27H25N3O/c1-26(28)17-23(26)25(31)24-18-29-19-30(24)27(20-11-5-2-6-12-20,21-13-7-3-8-14-21)22-15-9-4-10-16-22/h2-16,18-19,23H,17,28H2,1H3. The predicted octanol–water partition coefficient (Wildman–Crippen LogP) is 4.64. The minimum Gasteiger partial charge on any atom is -0.325 e. The van der Waals surface area contributed by atoms with Gasteiger partial charge < -0.3 is 10.3 Å². The number of nitrogens with zero attached hydrogens (tertiary/aromatic N) is 2. The van der Waals surface area contributed by atoms with Crippen molar-refractivity contribution < 1.29 is 4.79 Å². The van der Waals surface area contributed by atoms with Crippen LogP contribution in [0.15, 0.2) is 104 Å². The first kappa shape index (κ1) is 19.5. The molecule has 1 saturated carbocycles. The van der Waals surface area contributed by atoms with Crippen molar-refractivity contribution in [1.29, 1.82) is 0 Å². The Morgan fingerprint density at radius 3 is 1.71 bits per heavy atom. The molecule has 5 rings (SSSR count). The second-order valence-electron chi connectivity index (χ2n) is 8.58. The lowest BCUT2D eigenvalue weighted by molar-refractivity contribution is 0.0948. The Bertz CT molecular complexity index is 1100. The van der Waals surface area contributed by atoms with Crippen molar-refractivity contribution in [2.75, 3.05) is 0 Å². The van der Waals surface area contributed by atoms with Crippen molar-refractivity contribution in [1.82, 2.24) is 9.55 Å². The molecule has 31 heavy (non-hydrogen) atoms. The van der Waals surface area contributed by atoms with Gasteiger partial charge >= 0.3 is 0 Å². The Hall–Kier alpha value is -3.50. The fourth-order valence-corrected chi connectivity index (χ4v) is 4.65. The van der Waals surface area contributed by atoms with Crippen LogP contribution in [0.25, 0.3) is 0 Å². The third kappa shape index (κ3) is 3.11. The number of benzene rings is 3. The summed E-state index contributed by atoms with van der Waals surface area (Å²) < 4.78 is 2.03. The monoisotopic (exact) mass is 407 g/mol. The maximum atomic E-state index is 13.5. The molecule has 154 valence electrons. The van der Waals surface area contributed by atoms with Crippen molar-refractivity contribution in [3.63, 3.8) is 0 Å². The lowest BCUT2D eigenvalue weighted by Crippen LogP contribution is -2.39. The Labute approximate surface area is 182 Å². The van der Waals surface area contributed by atoms with Crippen molar-refractivity contribution in [3.05, 3.63) is 126 Å². The van der Waals surface area contributed by atoms with Crippen molar-refractivity contribution in [2.45, 2.75) is 24.4 Å². The van der Waals surface area contributed by atoms with Crippen LogP contribution in [0.1, 0.15) is 40.5 Å². The van der Waals surface area contributed by atoms with Crippen LogP contribution in [-0.2, 0) is 5.54 Å². The molecule has 4 heteroatoms. The molecular formula is C27H25N3O. The minimum atomic E-state index is -0.745. The van der Waals surface area contributed by atoms with Gasteiger partial charge in [-0.3, -0.25) is 4.79 Å². The van der Waals surface area contributed by atoms with Crippen LogP contribution in [-0.4, -0.2) is 20.9 Å². The largest absolute Gasteiger partial charge is 0.325 e. The van der Waals surface area contributed by atoms with E-state index in [9.17, 15) is 4.79 Å². The van der Waals surface area contributed by atoms with Crippen molar-refractivity contribution >= 4 is 5.78 Å². The third-order valence-electron chi connectivity index (χ3n) is 6.42. The molecule has 4 nitrogen and oxygen atoms in total. The van der Waals surface area contributed by atoms with Gasteiger partial charge in [0.25, 0.3) is 0 Å². The van der Waals surface area contributed by atoms with Gasteiger partial charge in [-0.2, -0.15) is 0 Å². The summed E-state index contributed by atoms with van der Waals surface area (Å²) in [5, 5.41) is 0. The number of hydrogen-bond donors (Lipinski definition) is 1. The van der Waals surface area contributed by atoms with Gasteiger partial charge in [0.1, 0.15) is 11.2 Å². The average Bonchev–Trinajstić information content (AvgIpc) is 3.20. The first-order valence-electron chi connectivity index (χ1n) is 10.6. The number of carbonyl (C=O) groups excluding carboxylic acids is 1. The molecule has 2 unspecified atom stereocenters. The fraction of sp³-hybridized carbons (Fsp3) is 0.185. The normalized spacial score (nSPS) is 20.4. The van der Waals surface area contributed by atoms with Crippen LogP contribution in [0, 0.1) is 5.92 Å². The molecule has 1 heterocycles. The van der Waals surface area contributed by atoms with E-state index in [4.69, 9.17) is 5.73 Å². The van der Waals surface area contributed by atoms with Crippen LogP contribution in [0.2, 0.25) is 0 Å². The number of Topliss-reactive ketones (excluding diaryl/α,β-unsaturated/α-hetero) is 1. The van der Waals surface area contributed by atoms with E-state index >= 15 is 0 Å². The summed E-state index contributed by atoms with van der Waals surface area (Å²) in [6.45, 7) is 1.94. The average molecular weight is 408 g/mol. The highest BCUT2D eigenvalue weighted by molar-refractivity contribution is 5.99. The summed E-state index contributed by atoms with van der Waals surface area (Å²) in [6, 6.07) is 30.9. The van der Waals surface area contributed by atoms with E-state index in [1.165, 1.54) is 0 Å². The van der Waals surface area contributed by atoms with E-state index in [1.807, 2.05) is 66.1 Å². The van der Waals surface area contributed by atoms with Gasteiger partial charge in [0.15, 0.2) is 5.78 Å². The van der Waals surface area contributed by atoms with Crippen molar-refractivity contribution in [3.8, 4) is 0 Å². The summed E-state index contributed by atoms with van der Waals surface area (Å²) in [5.41, 5.74) is 8.83. The van der Waals surface area contributed by atoms with Crippen LogP contribution < -0.4 is 5.73 Å². The number of carbonyl (C=O) groups is 1. The van der Waals surface area contributed by atoms with Gasteiger partial charge in [0, 0.05) is 11.5 Å². The minimum absolute atomic E-state index is 0.0506. The van der Waals surface area contributed by atoms with Crippen LogP contribution >= 0.6 is 0 Å². The predicted molar refractivity (Wildman–Crippen MR) is 122 cm³/mol. The van der Waals surface area contributed by atoms with E-state index in [1.54, 1.807) is 12.5 Å². The highest BCUT2D eigenvalue weighted by Gasteiger charge is 2.53. The molecule has 0 aliphatic heterocycles. The van der Waals surface area contributed by atoms with E-state index < -0.39 is 11.1 Å². The van der Waals surface area contributed by atoms with Crippen LogP contribution in [0.5, 0.6) is 0 Å². The maximum absolute atomic E-state index is 13.5. The molecule has 1 fully saturated rings. The number of ketones is 1. The summed E-state index contributed by atoms with van der Waals surface area (Å²) in [5.74, 6) is -0.127. The molecule has 2 N–H and O–H groups in total. The molecule has 0 radical (unpaired) electrons. The summed E-state index contributed by atoms with van der Waals surface area (Å²) in [4.78, 5) is 17.9. The molecule has 1 aliphatic carbocycles. The summed E-state index contributed by atoms with van der Waals surface area (Å²) >= 11 is 0. The highest BCUT2D eigenvalue weighted by atomic mass is 16.1. The van der Waals surface area contributed by atoms with Gasteiger partial charge in [0.05, 0.1) is 12.5 Å². The third-order valence-corrected chi connectivity index (χ3v) is 6.42. The maximum Gasteiger partial charge on any atom is 0.185 e. The number of imidazole rings is 1. The van der Waals surface area contributed by atoms with Crippen LogP contribution in [0.3, 0.4) is 0 Å². The smallest absolute Gasteiger partial charge is 0.185 e. The van der Waals surface area contributed by atoms with Crippen molar-refractivity contribution in [2.24, 2.45) is 11.7 Å². The molecule has 0 bridgehead atoms. The number of hydrogen-bond acceptors (Lipinski definition) is 3. The second-order valence-corrected chi connectivity index (χ2v) is 8.58. The molecule has 0 amide bonds. The van der Waals surface area contributed by atoms with Gasteiger partial charge in [-0.15, -0.1) is 0 Å². The van der Waals surface area contributed by atoms with Gasteiger partial charge in [-0.25, -0.2) is 4.98 Å². The molecule has 0 spiro atoms. The highest BCUT2D eigenvalue weighted by Crippen LogP contribution is 2.45. The van der Waals surface area contributed by atoms with E-state index in [2.05, 4.69) is 41.4 Å². The number of aromatic nitrogens is 2. The number of rotatable bonds is 6. The Balaban J connectivity index is 1.83. The quantitative estimate of drug-likeness (QED) is 0.374. The first-order valence-corrected chi connectivity index (χ1v) is 10.6.